The molecule has 0 unspecified atom stereocenters. The van der Waals surface area contributed by atoms with E-state index in [9.17, 15) is 4.79 Å². The Balaban J connectivity index is 1.45. The highest BCUT2D eigenvalue weighted by Crippen LogP contribution is 2.55. The number of hydrogen-bond donors (Lipinski definition) is 1. The minimum Gasteiger partial charge on any atom is -0.410 e. The van der Waals surface area contributed by atoms with E-state index in [1.807, 2.05) is 18.2 Å². The normalized spacial score (nSPS) is 21.4. The van der Waals surface area contributed by atoms with E-state index in [0.29, 0.717) is 17.2 Å². The van der Waals surface area contributed by atoms with E-state index < -0.39 is 0 Å². The average Bonchev–Trinajstić information content (AvgIpc) is 2.21. The largest absolute Gasteiger partial charge is 0.412 e. The van der Waals surface area contributed by atoms with Crippen molar-refractivity contribution >= 4 is 6.09 Å². The molecular weight excluding hydrogens is 214 g/mol. The summed E-state index contributed by atoms with van der Waals surface area (Å²) in [6.07, 6.45) is 6.00. The van der Waals surface area contributed by atoms with Crippen LogP contribution in [0.1, 0.15) is 32.1 Å². The zero-order chi connectivity index (χ0) is 11.7. The van der Waals surface area contributed by atoms with E-state index in [-0.39, 0.29) is 6.09 Å². The molecule has 0 bridgehead atoms. The SMILES string of the molecule is O=C(NC1CC2(CCC2)C1)Oc1ccccc1. The summed E-state index contributed by atoms with van der Waals surface area (Å²) in [5.74, 6) is 0.600. The van der Waals surface area contributed by atoms with E-state index in [4.69, 9.17) is 4.74 Å². The van der Waals surface area contributed by atoms with Crippen molar-refractivity contribution in [2.24, 2.45) is 5.41 Å². The van der Waals surface area contributed by atoms with Crippen LogP contribution in [0, 0.1) is 5.41 Å². The van der Waals surface area contributed by atoms with Crippen LogP contribution < -0.4 is 10.1 Å². The predicted molar refractivity (Wildman–Crippen MR) is 64.9 cm³/mol. The molecule has 3 rings (SSSR count). The maximum absolute atomic E-state index is 11.6. The van der Waals surface area contributed by atoms with E-state index in [0.717, 1.165) is 12.8 Å². The number of benzene rings is 1. The monoisotopic (exact) mass is 231 g/mol. The highest BCUT2D eigenvalue weighted by Gasteiger charge is 2.48. The van der Waals surface area contributed by atoms with Gasteiger partial charge < -0.3 is 10.1 Å². The van der Waals surface area contributed by atoms with Crippen molar-refractivity contribution in [1.29, 1.82) is 0 Å². The molecule has 1 spiro atoms. The number of carbonyl (C=O) groups excluding carboxylic acids is 1. The van der Waals surface area contributed by atoms with Gasteiger partial charge in [0.2, 0.25) is 0 Å². The lowest BCUT2D eigenvalue weighted by Gasteiger charge is -2.54. The maximum atomic E-state index is 11.6. The Labute approximate surface area is 101 Å². The number of amides is 1. The van der Waals surface area contributed by atoms with Crippen LogP contribution in [0.15, 0.2) is 30.3 Å². The molecular formula is C14H17NO2. The second-order valence-corrected chi connectivity index (χ2v) is 5.31. The molecule has 3 heteroatoms. The third-order valence-corrected chi connectivity index (χ3v) is 4.05. The van der Waals surface area contributed by atoms with Crippen molar-refractivity contribution in [2.75, 3.05) is 0 Å². The third-order valence-electron chi connectivity index (χ3n) is 4.05. The van der Waals surface area contributed by atoms with E-state index in [1.54, 1.807) is 12.1 Å². The van der Waals surface area contributed by atoms with Crippen LogP contribution in [-0.4, -0.2) is 12.1 Å². The van der Waals surface area contributed by atoms with Crippen LogP contribution in [0.25, 0.3) is 0 Å². The molecule has 2 fully saturated rings. The molecule has 17 heavy (non-hydrogen) atoms. The molecule has 90 valence electrons. The first kappa shape index (κ1) is 10.6. The minimum absolute atomic E-state index is 0.324. The molecule has 2 aliphatic carbocycles. The number of hydrogen-bond acceptors (Lipinski definition) is 2. The van der Waals surface area contributed by atoms with Crippen LogP contribution >= 0.6 is 0 Å². The summed E-state index contributed by atoms with van der Waals surface area (Å²) >= 11 is 0. The summed E-state index contributed by atoms with van der Waals surface area (Å²) in [5, 5.41) is 2.93. The van der Waals surface area contributed by atoms with Gasteiger partial charge in [-0.15, -0.1) is 0 Å². The molecule has 1 aromatic carbocycles. The quantitative estimate of drug-likeness (QED) is 0.849. The maximum Gasteiger partial charge on any atom is 0.412 e. The van der Waals surface area contributed by atoms with E-state index in [1.165, 1.54) is 19.3 Å². The molecule has 1 aromatic rings. The molecule has 0 saturated heterocycles. The zero-order valence-electron chi connectivity index (χ0n) is 9.82. The van der Waals surface area contributed by atoms with Gasteiger partial charge in [0, 0.05) is 6.04 Å². The fraction of sp³-hybridized carbons (Fsp3) is 0.500. The molecule has 0 heterocycles. The molecule has 0 aliphatic heterocycles. The Bertz CT molecular complexity index is 403. The van der Waals surface area contributed by atoms with E-state index in [2.05, 4.69) is 5.32 Å². The average molecular weight is 231 g/mol. The second kappa shape index (κ2) is 4.06. The van der Waals surface area contributed by atoms with Crippen molar-refractivity contribution < 1.29 is 9.53 Å². The third kappa shape index (κ3) is 2.14. The summed E-state index contributed by atoms with van der Waals surface area (Å²) in [7, 11) is 0. The van der Waals surface area contributed by atoms with Crippen molar-refractivity contribution in [3.05, 3.63) is 30.3 Å². The Hall–Kier alpha value is -1.51. The van der Waals surface area contributed by atoms with Crippen LogP contribution in [0.4, 0.5) is 4.79 Å². The fourth-order valence-corrected chi connectivity index (χ4v) is 2.96. The van der Waals surface area contributed by atoms with Gasteiger partial charge in [-0.05, 0) is 43.2 Å². The van der Waals surface area contributed by atoms with Gasteiger partial charge in [-0.2, -0.15) is 0 Å². The zero-order valence-corrected chi connectivity index (χ0v) is 9.82. The molecule has 0 radical (unpaired) electrons. The molecule has 1 N–H and O–H groups in total. The van der Waals surface area contributed by atoms with Gasteiger partial charge in [-0.1, -0.05) is 24.6 Å². The smallest absolute Gasteiger partial charge is 0.410 e. The van der Waals surface area contributed by atoms with Crippen molar-refractivity contribution in [2.45, 2.75) is 38.1 Å². The lowest BCUT2D eigenvalue weighted by molar-refractivity contribution is 0.000226. The summed E-state index contributed by atoms with van der Waals surface area (Å²) in [5.41, 5.74) is 0.588. The first-order chi connectivity index (χ1) is 8.26. The molecule has 3 nitrogen and oxygen atoms in total. The predicted octanol–water partition coefficient (Wildman–Crippen LogP) is 3.11. The number of carbonyl (C=O) groups is 1. The number of para-hydroxylation sites is 1. The summed E-state index contributed by atoms with van der Waals surface area (Å²) in [4.78, 5) is 11.6. The summed E-state index contributed by atoms with van der Waals surface area (Å²) in [6.45, 7) is 0. The molecule has 1 amide bonds. The Morgan fingerprint density at radius 3 is 2.53 bits per heavy atom. The van der Waals surface area contributed by atoms with Crippen molar-refractivity contribution in [1.82, 2.24) is 5.32 Å². The standard InChI is InChI=1S/C14H17NO2/c16-13(17-12-5-2-1-3-6-12)15-11-9-14(10-11)7-4-8-14/h1-3,5-6,11H,4,7-10H2,(H,15,16). The summed E-state index contributed by atoms with van der Waals surface area (Å²) in [6, 6.07) is 9.51. The van der Waals surface area contributed by atoms with Crippen molar-refractivity contribution in [3.63, 3.8) is 0 Å². The topological polar surface area (TPSA) is 38.3 Å². The Morgan fingerprint density at radius 1 is 1.24 bits per heavy atom. The summed E-state index contributed by atoms with van der Waals surface area (Å²) < 4.78 is 5.19. The lowest BCUT2D eigenvalue weighted by Crippen LogP contribution is -2.54. The number of ether oxygens (including phenoxy) is 1. The van der Waals surface area contributed by atoms with Gasteiger partial charge >= 0.3 is 6.09 Å². The van der Waals surface area contributed by atoms with Gasteiger partial charge in [0.1, 0.15) is 5.75 Å². The highest BCUT2D eigenvalue weighted by molar-refractivity contribution is 5.70. The highest BCUT2D eigenvalue weighted by atomic mass is 16.6. The first-order valence-electron chi connectivity index (χ1n) is 6.29. The molecule has 0 aromatic heterocycles. The fourth-order valence-electron chi connectivity index (χ4n) is 2.96. The Kier molecular flexibility index (Phi) is 2.54. The minimum atomic E-state index is -0.324. The molecule has 0 atom stereocenters. The van der Waals surface area contributed by atoms with Gasteiger partial charge in [-0.25, -0.2) is 4.79 Å². The van der Waals surface area contributed by atoms with Crippen LogP contribution in [-0.2, 0) is 0 Å². The second-order valence-electron chi connectivity index (χ2n) is 5.31. The van der Waals surface area contributed by atoms with Gasteiger partial charge in [0.25, 0.3) is 0 Å². The number of rotatable bonds is 2. The lowest BCUT2D eigenvalue weighted by atomic mass is 9.54. The van der Waals surface area contributed by atoms with Gasteiger partial charge in [-0.3, -0.25) is 0 Å². The van der Waals surface area contributed by atoms with Gasteiger partial charge in [0.05, 0.1) is 0 Å². The van der Waals surface area contributed by atoms with Crippen LogP contribution in [0.5, 0.6) is 5.75 Å². The van der Waals surface area contributed by atoms with Crippen molar-refractivity contribution in [3.8, 4) is 5.75 Å². The van der Waals surface area contributed by atoms with E-state index >= 15 is 0 Å². The molecule has 2 saturated carbocycles. The van der Waals surface area contributed by atoms with Gasteiger partial charge in [0.15, 0.2) is 0 Å². The first-order valence-corrected chi connectivity index (χ1v) is 6.29. The van der Waals surface area contributed by atoms with Crippen LogP contribution in [0.2, 0.25) is 0 Å². The Morgan fingerprint density at radius 2 is 1.94 bits per heavy atom. The van der Waals surface area contributed by atoms with Crippen LogP contribution in [0.3, 0.4) is 0 Å². The number of nitrogens with one attached hydrogen (secondary N) is 1. The molecule has 2 aliphatic rings.